The minimum atomic E-state index is -0.202. The molecule has 20 heavy (non-hydrogen) atoms. The van der Waals surface area contributed by atoms with Crippen molar-refractivity contribution in [3.63, 3.8) is 0 Å². The number of rotatable bonds is 7. The zero-order valence-electron chi connectivity index (χ0n) is 11.7. The summed E-state index contributed by atoms with van der Waals surface area (Å²) in [5.74, 6) is 6.31. The van der Waals surface area contributed by atoms with Crippen molar-refractivity contribution in [2.24, 2.45) is 0 Å². The first-order chi connectivity index (χ1) is 9.77. The molecule has 0 spiro atoms. The minimum Gasteiger partial charge on any atom is -0.384 e. The second-order valence-corrected chi connectivity index (χ2v) is 5.22. The highest BCUT2D eigenvalue weighted by Crippen LogP contribution is 2.03. The largest absolute Gasteiger partial charge is 0.384 e. The number of hydrogen-bond acceptors (Lipinski definition) is 4. The van der Waals surface area contributed by atoms with Gasteiger partial charge in [-0.3, -0.25) is 9.78 Å². The summed E-state index contributed by atoms with van der Waals surface area (Å²) in [5.41, 5.74) is 1.13. The molecule has 1 amide bonds. The van der Waals surface area contributed by atoms with E-state index in [4.69, 9.17) is 5.11 Å². The van der Waals surface area contributed by atoms with Crippen LogP contribution in [-0.4, -0.2) is 41.2 Å². The molecule has 2 N–H and O–H groups in total. The van der Waals surface area contributed by atoms with Gasteiger partial charge in [-0.1, -0.05) is 18.3 Å². The van der Waals surface area contributed by atoms with Crippen molar-refractivity contribution in [3.05, 3.63) is 29.6 Å². The maximum Gasteiger partial charge on any atom is 0.252 e. The summed E-state index contributed by atoms with van der Waals surface area (Å²) >= 11 is 1.84. The second kappa shape index (κ2) is 10.3. The van der Waals surface area contributed by atoms with E-state index in [2.05, 4.69) is 28.4 Å². The molecule has 0 aliphatic carbocycles. The van der Waals surface area contributed by atoms with Gasteiger partial charge in [0.15, 0.2) is 0 Å². The molecule has 0 unspecified atom stereocenters. The highest BCUT2D eigenvalue weighted by molar-refractivity contribution is 7.98. The highest BCUT2D eigenvalue weighted by atomic mass is 32.2. The van der Waals surface area contributed by atoms with E-state index in [1.165, 1.54) is 18.4 Å². The molecular weight excluding hydrogens is 272 g/mol. The summed E-state index contributed by atoms with van der Waals surface area (Å²) in [6, 6.07) is 1.68. The van der Waals surface area contributed by atoms with Crippen LogP contribution in [0.2, 0.25) is 0 Å². The highest BCUT2D eigenvalue weighted by Gasteiger charge is 2.05. The van der Waals surface area contributed by atoms with E-state index in [1.807, 2.05) is 11.8 Å². The zero-order valence-corrected chi connectivity index (χ0v) is 12.5. The molecule has 108 valence electrons. The molecule has 0 radical (unpaired) electrons. The number of unbranched alkanes of at least 4 members (excludes halogenated alkanes) is 2. The lowest BCUT2D eigenvalue weighted by molar-refractivity contribution is 0.0952. The van der Waals surface area contributed by atoms with Gasteiger partial charge in [-0.2, -0.15) is 11.8 Å². The van der Waals surface area contributed by atoms with Crippen LogP contribution in [0.25, 0.3) is 0 Å². The van der Waals surface area contributed by atoms with Crippen molar-refractivity contribution in [2.45, 2.75) is 19.3 Å². The van der Waals surface area contributed by atoms with Crippen molar-refractivity contribution in [1.29, 1.82) is 0 Å². The summed E-state index contributed by atoms with van der Waals surface area (Å²) in [6.07, 6.45) is 8.49. The predicted molar refractivity (Wildman–Crippen MR) is 82.8 cm³/mol. The van der Waals surface area contributed by atoms with Crippen LogP contribution >= 0.6 is 11.8 Å². The molecule has 0 fully saturated rings. The summed E-state index contributed by atoms with van der Waals surface area (Å²) in [7, 11) is 0. The third-order valence-electron chi connectivity index (χ3n) is 2.62. The third-order valence-corrected chi connectivity index (χ3v) is 3.32. The number of pyridine rings is 1. The summed E-state index contributed by atoms with van der Waals surface area (Å²) in [6.45, 7) is 0.478. The SMILES string of the molecule is CSCCCCCNC(=O)c1cncc(C#CCO)c1. The number of amides is 1. The van der Waals surface area contributed by atoms with Crippen LogP contribution in [-0.2, 0) is 0 Å². The summed E-state index contributed by atoms with van der Waals surface area (Å²) in [4.78, 5) is 15.9. The molecule has 1 heterocycles. The van der Waals surface area contributed by atoms with Gasteiger partial charge in [0.2, 0.25) is 0 Å². The van der Waals surface area contributed by atoms with Crippen LogP contribution in [0.15, 0.2) is 18.5 Å². The van der Waals surface area contributed by atoms with Gasteiger partial charge in [-0.05, 0) is 30.9 Å². The van der Waals surface area contributed by atoms with Crippen LogP contribution < -0.4 is 5.32 Å². The van der Waals surface area contributed by atoms with Crippen LogP contribution in [0.5, 0.6) is 0 Å². The van der Waals surface area contributed by atoms with Gasteiger partial charge >= 0.3 is 0 Å². The number of hydrogen-bond donors (Lipinski definition) is 2. The zero-order chi connectivity index (χ0) is 14.6. The Labute approximate surface area is 124 Å². The molecule has 5 heteroatoms. The Morgan fingerprint density at radius 3 is 3.00 bits per heavy atom. The first-order valence-electron chi connectivity index (χ1n) is 6.60. The number of thioether (sulfide) groups is 1. The van der Waals surface area contributed by atoms with Gasteiger partial charge in [-0.25, -0.2) is 0 Å². The maximum atomic E-state index is 11.9. The number of carbonyl (C=O) groups excluding carboxylic acids is 1. The van der Waals surface area contributed by atoms with Crippen LogP contribution in [0.1, 0.15) is 35.2 Å². The Morgan fingerprint density at radius 2 is 2.25 bits per heavy atom. The summed E-state index contributed by atoms with van der Waals surface area (Å²) in [5, 5.41) is 11.5. The topological polar surface area (TPSA) is 62.2 Å². The van der Waals surface area contributed by atoms with Gasteiger partial charge in [0.1, 0.15) is 6.61 Å². The number of nitrogens with one attached hydrogen (secondary N) is 1. The lowest BCUT2D eigenvalue weighted by Gasteiger charge is -2.05. The molecule has 0 atom stereocenters. The van der Waals surface area contributed by atoms with Gasteiger partial charge in [0.25, 0.3) is 5.91 Å². The molecular formula is C15H20N2O2S. The van der Waals surface area contributed by atoms with Crippen molar-refractivity contribution in [1.82, 2.24) is 10.3 Å². The average Bonchev–Trinajstić information content (AvgIpc) is 2.48. The van der Waals surface area contributed by atoms with Gasteiger partial charge < -0.3 is 10.4 Å². The van der Waals surface area contributed by atoms with Crippen LogP contribution in [0.4, 0.5) is 0 Å². The molecule has 0 aliphatic heterocycles. The molecule has 1 rings (SSSR count). The molecule has 1 aromatic rings. The molecule has 0 aromatic carbocycles. The number of aromatic nitrogens is 1. The Kier molecular flexibility index (Phi) is 8.52. The van der Waals surface area contributed by atoms with E-state index < -0.39 is 0 Å². The quantitative estimate of drug-likeness (QED) is 0.593. The van der Waals surface area contributed by atoms with Gasteiger partial charge in [0.05, 0.1) is 5.56 Å². The Balaban J connectivity index is 2.39. The first kappa shape index (κ1) is 16.5. The molecule has 0 saturated carbocycles. The summed E-state index contributed by atoms with van der Waals surface area (Å²) < 4.78 is 0. The van der Waals surface area contributed by atoms with E-state index >= 15 is 0 Å². The normalized spacial score (nSPS) is 9.70. The van der Waals surface area contributed by atoms with Gasteiger partial charge in [-0.15, -0.1) is 0 Å². The lowest BCUT2D eigenvalue weighted by atomic mass is 10.2. The average molecular weight is 292 g/mol. The number of aliphatic hydroxyl groups excluding tert-OH is 1. The standard InChI is InChI=1S/C15H20N2O2S/c1-20-9-4-2-3-7-17-15(19)14-10-13(6-5-8-18)11-16-12-14/h10-12,18H,2-4,7-9H2,1H3,(H,17,19). The van der Waals surface area contributed by atoms with Crippen LogP contribution in [0, 0.1) is 11.8 Å². The van der Waals surface area contributed by atoms with E-state index in [9.17, 15) is 4.79 Å². The molecule has 0 saturated heterocycles. The number of carbonyl (C=O) groups is 1. The maximum absolute atomic E-state index is 11.9. The molecule has 1 aromatic heterocycles. The third kappa shape index (κ3) is 6.60. The van der Waals surface area contributed by atoms with Crippen molar-refractivity contribution >= 4 is 17.7 Å². The fourth-order valence-electron chi connectivity index (χ4n) is 1.63. The van der Waals surface area contributed by atoms with E-state index in [-0.39, 0.29) is 12.5 Å². The first-order valence-corrected chi connectivity index (χ1v) is 7.99. The number of nitrogens with zero attached hydrogens (tertiary/aromatic N) is 1. The molecule has 0 bridgehead atoms. The van der Waals surface area contributed by atoms with Crippen molar-refractivity contribution in [2.75, 3.05) is 25.2 Å². The monoisotopic (exact) mass is 292 g/mol. The lowest BCUT2D eigenvalue weighted by Crippen LogP contribution is -2.24. The smallest absolute Gasteiger partial charge is 0.252 e. The van der Waals surface area contributed by atoms with Crippen LogP contribution in [0.3, 0.4) is 0 Å². The molecule has 4 nitrogen and oxygen atoms in total. The second-order valence-electron chi connectivity index (χ2n) is 4.23. The van der Waals surface area contributed by atoms with E-state index in [1.54, 1.807) is 12.3 Å². The van der Waals surface area contributed by atoms with E-state index in [0.717, 1.165) is 12.8 Å². The number of aliphatic hydroxyl groups is 1. The fraction of sp³-hybridized carbons (Fsp3) is 0.467. The predicted octanol–water partition coefficient (Wildman–Crippen LogP) is 1.69. The van der Waals surface area contributed by atoms with Gasteiger partial charge in [0, 0.05) is 24.5 Å². The van der Waals surface area contributed by atoms with Crippen molar-refractivity contribution in [3.8, 4) is 11.8 Å². The van der Waals surface area contributed by atoms with E-state index in [0.29, 0.717) is 17.7 Å². The molecule has 0 aliphatic rings. The Hall–Kier alpha value is -1.51. The Bertz CT molecular complexity index is 480. The minimum absolute atomic E-state index is 0.130. The Morgan fingerprint density at radius 1 is 1.40 bits per heavy atom. The fourth-order valence-corrected chi connectivity index (χ4v) is 2.12. The van der Waals surface area contributed by atoms with Crippen molar-refractivity contribution < 1.29 is 9.90 Å².